The van der Waals surface area contributed by atoms with Crippen molar-refractivity contribution in [2.24, 2.45) is 11.7 Å². The summed E-state index contributed by atoms with van der Waals surface area (Å²) in [4.78, 5) is 14.5. The zero-order chi connectivity index (χ0) is 16.5. The van der Waals surface area contributed by atoms with Crippen LogP contribution in [0.4, 0.5) is 0 Å². The van der Waals surface area contributed by atoms with E-state index in [4.69, 9.17) is 10.5 Å². The van der Waals surface area contributed by atoms with Crippen LogP contribution in [0.5, 0.6) is 0 Å². The molecule has 3 fully saturated rings. The molecule has 1 spiro atoms. The average molecular weight is 344 g/mol. The van der Waals surface area contributed by atoms with Gasteiger partial charge in [-0.15, -0.1) is 0 Å². The Balaban J connectivity index is 1.71. The highest BCUT2D eigenvalue weighted by atomic mass is 32.2. The van der Waals surface area contributed by atoms with Crippen LogP contribution in [0.3, 0.4) is 0 Å². The molecule has 2 aliphatic heterocycles. The topological polar surface area (TPSA) is 89.7 Å². The molecule has 0 aromatic heterocycles. The van der Waals surface area contributed by atoms with E-state index in [2.05, 4.69) is 0 Å². The standard InChI is InChI=1S/C16H28N2O4S/c17-14(13-4-9-22-10-5-13)15(19)18-8-11-23(20,21)16(12-18)6-2-1-3-7-16/h13-14H,1-12,17H2. The van der Waals surface area contributed by atoms with Crippen LogP contribution in [0.1, 0.15) is 44.9 Å². The van der Waals surface area contributed by atoms with Gasteiger partial charge in [-0.25, -0.2) is 8.42 Å². The minimum absolute atomic E-state index is 0.0725. The Morgan fingerprint density at radius 1 is 1.17 bits per heavy atom. The zero-order valence-corrected chi connectivity index (χ0v) is 14.5. The molecule has 0 bridgehead atoms. The Labute approximate surface area is 138 Å². The molecule has 2 N–H and O–H groups in total. The highest BCUT2D eigenvalue weighted by Gasteiger charge is 2.49. The van der Waals surface area contributed by atoms with Gasteiger partial charge in [0, 0.05) is 26.3 Å². The lowest BCUT2D eigenvalue weighted by molar-refractivity contribution is -0.135. The zero-order valence-electron chi connectivity index (χ0n) is 13.7. The van der Waals surface area contributed by atoms with Gasteiger partial charge in [0.25, 0.3) is 0 Å². The fraction of sp³-hybridized carbons (Fsp3) is 0.938. The number of amides is 1. The number of hydrogen-bond donors (Lipinski definition) is 1. The first-order valence-electron chi connectivity index (χ1n) is 8.80. The Morgan fingerprint density at radius 2 is 1.83 bits per heavy atom. The molecule has 3 rings (SSSR count). The van der Waals surface area contributed by atoms with Crippen molar-refractivity contribution < 1.29 is 17.9 Å². The predicted octanol–water partition coefficient (Wildman–Crippen LogP) is 0.700. The van der Waals surface area contributed by atoms with E-state index in [0.29, 0.717) is 39.1 Å². The Bertz CT molecular complexity index is 536. The van der Waals surface area contributed by atoms with Crippen LogP contribution in [0.25, 0.3) is 0 Å². The molecule has 7 heteroatoms. The second kappa shape index (κ2) is 6.69. The van der Waals surface area contributed by atoms with Gasteiger partial charge in [0.2, 0.25) is 5.91 Å². The first kappa shape index (κ1) is 17.2. The predicted molar refractivity (Wildman–Crippen MR) is 87.7 cm³/mol. The summed E-state index contributed by atoms with van der Waals surface area (Å²) in [6, 6.07) is -0.527. The fourth-order valence-corrected chi connectivity index (χ4v) is 6.47. The minimum atomic E-state index is -3.12. The van der Waals surface area contributed by atoms with E-state index in [-0.39, 0.29) is 17.6 Å². The van der Waals surface area contributed by atoms with Gasteiger partial charge in [-0.2, -0.15) is 0 Å². The molecule has 3 aliphatic rings. The number of carbonyl (C=O) groups is 1. The fourth-order valence-electron chi connectivity index (χ4n) is 4.31. The van der Waals surface area contributed by atoms with E-state index in [9.17, 15) is 13.2 Å². The van der Waals surface area contributed by atoms with Crippen molar-refractivity contribution in [3.05, 3.63) is 0 Å². The van der Waals surface area contributed by atoms with Crippen molar-refractivity contribution in [3.8, 4) is 0 Å². The third-order valence-corrected chi connectivity index (χ3v) is 8.48. The quantitative estimate of drug-likeness (QED) is 0.796. The number of nitrogens with zero attached hydrogens (tertiary/aromatic N) is 1. The highest BCUT2D eigenvalue weighted by molar-refractivity contribution is 7.92. The Morgan fingerprint density at radius 3 is 2.48 bits per heavy atom. The van der Waals surface area contributed by atoms with Gasteiger partial charge >= 0.3 is 0 Å². The largest absolute Gasteiger partial charge is 0.381 e. The second-order valence-electron chi connectivity index (χ2n) is 7.30. The molecule has 1 unspecified atom stereocenters. The van der Waals surface area contributed by atoms with E-state index < -0.39 is 20.6 Å². The van der Waals surface area contributed by atoms with Crippen molar-refractivity contribution >= 4 is 15.7 Å². The summed E-state index contributed by atoms with van der Waals surface area (Å²) in [5, 5.41) is 0. The van der Waals surface area contributed by atoms with E-state index in [1.54, 1.807) is 4.90 Å². The van der Waals surface area contributed by atoms with Gasteiger partial charge in [0.15, 0.2) is 9.84 Å². The van der Waals surface area contributed by atoms with E-state index in [1.807, 2.05) is 0 Å². The number of rotatable bonds is 2. The first-order chi connectivity index (χ1) is 11.0. The maximum absolute atomic E-state index is 12.8. The number of ether oxygens (including phenoxy) is 1. The normalized spacial score (nSPS) is 29.3. The van der Waals surface area contributed by atoms with Gasteiger partial charge in [-0.3, -0.25) is 4.79 Å². The molecular formula is C16H28N2O4S. The molecule has 0 aromatic rings. The number of hydrogen-bond acceptors (Lipinski definition) is 5. The van der Waals surface area contributed by atoms with Crippen LogP contribution in [-0.4, -0.2) is 62.1 Å². The molecule has 1 aliphatic carbocycles. The molecule has 6 nitrogen and oxygen atoms in total. The van der Waals surface area contributed by atoms with Crippen LogP contribution in [0.2, 0.25) is 0 Å². The summed E-state index contributed by atoms with van der Waals surface area (Å²) < 4.78 is 29.8. The van der Waals surface area contributed by atoms with E-state index >= 15 is 0 Å². The maximum Gasteiger partial charge on any atom is 0.239 e. The summed E-state index contributed by atoms with van der Waals surface area (Å²) in [5.41, 5.74) is 6.21. The first-order valence-corrected chi connectivity index (χ1v) is 10.4. The van der Waals surface area contributed by atoms with Crippen molar-refractivity contribution in [1.82, 2.24) is 4.90 Å². The van der Waals surface area contributed by atoms with Crippen LogP contribution < -0.4 is 5.73 Å². The average Bonchev–Trinajstić information content (AvgIpc) is 2.58. The smallest absolute Gasteiger partial charge is 0.239 e. The lowest BCUT2D eigenvalue weighted by atomic mass is 9.86. The van der Waals surface area contributed by atoms with Gasteiger partial charge in [0.1, 0.15) is 0 Å². The molecule has 0 radical (unpaired) electrons. The monoisotopic (exact) mass is 344 g/mol. The van der Waals surface area contributed by atoms with Gasteiger partial charge in [-0.1, -0.05) is 19.3 Å². The lowest BCUT2D eigenvalue weighted by Crippen LogP contribution is -2.61. The molecule has 1 amide bonds. The van der Waals surface area contributed by atoms with Crippen molar-refractivity contribution in [3.63, 3.8) is 0 Å². The molecule has 2 heterocycles. The molecule has 0 aromatic carbocycles. The Hall–Kier alpha value is -0.660. The van der Waals surface area contributed by atoms with Gasteiger partial charge in [-0.05, 0) is 31.6 Å². The molecule has 2 saturated heterocycles. The van der Waals surface area contributed by atoms with E-state index in [1.165, 1.54) is 0 Å². The lowest BCUT2D eigenvalue weighted by Gasteiger charge is -2.45. The highest BCUT2D eigenvalue weighted by Crippen LogP contribution is 2.39. The van der Waals surface area contributed by atoms with Crippen LogP contribution in [0.15, 0.2) is 0 Å². The summed E-state index contributed by atoms with van der Waals surface area (Å²) in [6.45, 7) is 1.94. The van der Waals surface area contributed by atoms with Gasteiger partial charge in [0.05, 0.1) is 16.5 Å². The van der Waals surface area contributed by atoms with Crippen molar-refractivity contribution in [1.29, 1.82) is 0 Å². The third kappa shape index (κ3) is 3.28. The summed E-state index contributed by atoms with van der Waals surface area (Å²) in [6.07, 6.45) is 5.96. The number of nitrogens with two attached hydrogens (primary N) is 1. The van der Waals surface area contributed by atoms with Crippen LogP contribution >= 0.6 is 0 Å². The van der Waals surface area contributed by atoms with Crippen molar-refractivity contribution in [2.45, 2.75) is 55.7 Å². The molecular weight excluding hydrogens is 316 g/mol. The SMILES string of the molecule is NC(C(=O)N1CCS(=O)(=O)C2(CCCCC2)C1)C1CCOCC1. The third-order valence-electron chi connectivity index (χ3n) is 5.90. The minimum Gasteiger partial charge on any atom is -0.381 e. The van der Waals surface area contributed by atoms with Gasteiger partial charge < -0.3 is 15.4 Å². The molecule has 132 valence electrons. The summed E-state index contributed by atoms with van der Waals surface area (Å²) in [7, 11) is -3.12. The summed E-state index contributed by atoms with van der Waals surface area (Å²) in [5.74, 6) is 0.160. The molecule has 1 atom stereocenters. The van der Waals surface area contributed by atoms with Crippen LogP contribution in [-0.2, 0) is 19.4 Å². The van der Waals surface area contributed by atoms with E-state index in [0.717, 1.165) is 32.1 Å². The maximum atomic E-state index is 12.8. The number of sulfone groups is 1. The van der Waals surface area contributed by atoms with Crippen LogP contribution in [0, 0.1) is 5.92 Å². The summed E-state index contributed by atoms with van der Waals surface area (Å²) >= 11 is 0. The molecule has 23 heavy (non-hydrogen) atoms. The molecule has 1 saturated carbocycles. The second-order valence-corrected chi connectivity index (χ2v) is 9.80. The Kier molecular flexibility index (Phi) is 4.99. The number of carbonyl (C=O) groups excluding carboxylic acids is 1. The van der Waals surface area contributed by atoms with Crippen molar-refractivity contribution in [2.75, 3.05) is 32.1 Å².